The predicted molar refractivity (Wildman–Crippen MR) is 75.8 cm³/mol. The first-order chi connectivity index (χ1) is 9.49. The van der Waals surface area contributed by atoms with Crippen molar-refractivity contribution in [1.82, 2.24) is 0 Å². The monoisotopic (exact) mass is 274 g/mol. The zero-order valence-electron chi connectivity index (χ0n) is 11.6. The molecular weight excluding hydrogens is 256 g/mol. The molecule has 0 unspecified atom stereocenters. The van der Waals surface area contributed by atoms with Crippen LogP contribution in [0.25, 0.3) is 0 Å². The second kappa shape index (κ2) is 7.94. The minimum atomic E-state index is -0.607. The van der Waals surface area contributed by atoms with E-state index in [0.717, 1.165) is 11.1 Å². The van der Waals surface area contributed by atoms with Crippen molar-refractivity contribution in [3.63, 3.8) is 0 Å². The minimum Gasteiger partial charge on any atom is -0.461 e. The Morgan fingerprint density at radius 3 is 2.35 bits per heavy atom. The highest BCUT2D eigenvalue weighted by Crippen LogP contribution is 2.07. The maximum absolute atomic E-state index is 11.6. The Balaban J connectivity index is 2.33. The Morgan fingerprint density at radius 2 is 1.75 bits per heavy atom. The van der Waals surface area contributed by atoms with E-state index in [0.29, 0.717) is 0 Å². The van der Waals surface area contributed by atoms with Crippen LogP contribution in [0.1, 0.15) is 18.9 Å². The van der Waals surface area contributed by atoms with Gasteiger partial charge in [-0.3, -0.25) is 4.79 Å². The summed E-state index contributed by atoms with van der Waals surface area (Å²) in [4.78, 5) is 23.0. The van der Waals surface area contributed by atoms with E-state index in [1.54, 1.807) is 6.92 Å². The fourth-order valence-electron chi connectivity index (χ4n) is 1.33. The summed E-state index contributed by atoms with van der Waals surface area (Å²) in [5, 5.41) is 0. The highest BCUT2D eigenvalue weighted by Gasteiger charge is 2.14. The van der Waals surface area contributed by atoms with Gasteiger partial charge < -0.3 is 9.47 Å². The molecule has 4 nitrogen and oxygen atoms in total. The molecule has 0 bridgehead atoms. The molecule has 0 amide bonds. The SMILES string of the molecule is C=C(C)COC(=O)C(=C)CC(=O)OCc1ccccc1. The van der Waals surface area contributed by atoms with E-state index in [1.165, 1.54) is 0 Å². The summed E-state index contributed by atoms with van der Waals surface area (Å²) in [5.41, 5.74) is 1.68. The van der Waals surface area contributed by atoms with Crippen LogP contribution in [-0.4, -0.2) is 18.5 Å². The van der Waals surface area contributed by atoms with Crippen LogP contribution in [0.2, 0.25) is 0 Å². The number of rotatable bonds is 7. The zero-order chi connectivity index (χ0) is 15.0. The largest absolute Gasteiger partial charge is 0.461 e. The highest BCUT2D eigenvalue weighted by atomic mass is 16.5. The van der Waals surface area contributed by atoms with Crippen molar-refractivity contribution in [2.24, 2.45) is 0 Å². The topological polar surface area (TPSA) is 52.6 Å². The molecule has 1 aromatic carbocycles. The Morgan fingerprint density at radius 1 is 1.10 bits per heavy atom. The number of benzene rings is 1. The molecule has 0 aliphatic heterocycles. The van der Waals surface area contributed by atoms with Gasteiger partial charge in [-0.25, -0.2) is 4.79 Å². The zero-order valence-corrected chi connectivity index (χ0v) is 11.6. The van der Waals surface area contributed by atoms with Crippen molar-refractivity contribution in [2.75, 3.05) is 6.61 Å². The molecule has 106 valence electrons. The smallest absolute Gasteiger partial charge is 0.334 e. The van der Waals surface area contributed by atoms with Crippen LogP contribution in [0, 0.1) is 0 Å². The van der Waals surface area contributed by atoms with Crippen LogP contribution < -0.4 is 0 Å². The molecular formula is C16H18O4. The standard InChI is InChI=1S/C16H18O4/c1-12(2)10-20-16(18)13(3)9-15(17)19-11-14-7-5-4-6-8-14/h4-8H,1,3,9-11H2,2H3. The van der Waals surface area contributed by atoms with Crippen molar-refractivity contribution in [3.8, 4) is 0 Å². The molecule has 0 radical (unpaired) electrons. The van der Waals surface area contributed by atoms with Crippen LogP contribution in [-0.2, 0) is 25.7 Å². The summed E-state index contributed by atoms with van der Waals surface area (Å²) < 4.78 is 9.93. The summed E-state index contributed by atoms with van der Waals surface area (Å²) in [6.45, 7) is 9.17. The third kappa shape index (κ3) is 6.00. The van der Waals surface area contributed by atoms with Gasteiger partial charge in [0, 0.05) is 5.57 Å². The number of hydrogen-bond acceptors (Lipinski definition) is 4. The highest BCUT2D eigenvalue weighted by molar-refractivity contribution is 5.93. The van der Waals surface area contributed by atoms with E-state index in [1.807, 2.05) is 30.3 Å². The number of hydrogen-bond donors (Lipinski definition) is 0. The summed E-state index contributed by atoms with van der Waals surface area (Å²) in [7, 11) is 0. The van der Waals surface area contributed by atoms with Crippen LogP contribution in [0.5, 0.6) is 0 Å². The van der Waals surface area contributed by atoms with Gasteiger partial charge in [0.05, 0.1) is 6.42 Å². The first-order valence-electron chi connectivity index (χ1n) is 6.18. The van der Waals surface area contributed by atoms with Gasteiger partial charge >= 0.3 is 11.9 Å². The second-order valence-corrected chi connectivity index (χ2v) is 4.46. The molecule has 20 heavy (non-hydrogen) atoms. The minimum absolute atomic E-state index is 0.0734. The third-order valence-corrected chi connectivity index (χ3v) is 2.34. The number of carbonyl (C=O) groups is 2. The van der Waals surface area contributed by atoms with Crippen molar-refractivity contribution < 1.29 is 19.1 Å². The van der Waals surface area contributed by atoms with Gasteiger partial charge in [-0.05, 0) is 18.1 Å². The number of esters is 2. The van der Waals surface area contributed by atoms with Gasteiger partial charge in [0.2, 0.25) is 0 Å². The quantitative estimate of drug-likeness (QED) is 0.436. The molecule has 0 fully saturated rings. The lowest BCUT2D eigenvalue weighted by atomic mass is 10.2. The third-order valence-electron chi connectivity index (χ3n) is 2.34. The molecule has 0 saturated carbocycles. The fraction of sp³-hybridized carbons (Fsp3) is 0.250. The van der Waals surface area contributed by atoms with Crippen LogP contribution in [0.4, 0.5) is 0 Å². The Hall–Kier alpha value is -2.36. The van der Waals surface area contributed by atoms with Crippen molar-refractivity contribution in [3.05, 3.63) is 60.2 Å². The molecule has 0 spiro atoms. The van der Waals surface area contributed by atoms with Crippen molar-refractivity contribution in [1.29, 1.82) is 0 Å². The molecule has 0 aliphatic carbocycles. The summed E-state index contributed by atoms with van der Waals surface area (Å²) in [6, 6.07) is 9.30. The van der Waals surface area contributed by atoms with Gasteiger partial charge in [-0.15, -0.1) is 0 Å². The number of ether oxygens (including phenoxy) is 2. The molecule has 0 saturated heterocycles. The van der Waals surface area contributed by atoms with Crippen molar-refractivity contribution >= 4 is 11.9 Å². The summed E-state index contributed by atoms with van der Waals surface area (Å²) in [6.07, 6.45) is -0.179. The van der Waals surface area contributed by atoms with E-state index < -0.39 is 11.9 Å². The van der Waals surface area contributed by atoms with E-state index >= 15 is 0 Å². The van der Waals surface area contributed by atoms with Gasteiger partial charge in [0.15, 0.2) is 0 Å². The molecule has 4 heteroatoms. The van der Waals surface area contributed by atoms with E-state index in [4.69, 9.17) is 9.47 Å². The Bertz CT molecular complexity index is 502. The average Bonchev–Trinajstić information content (AvgIpc) is 2.43. The molecule has 1 rings (SSSR count). The molecule has 0 atom stereocenters. The van der Waals surface area contributed by atoms with E-state index in [9.17, 15) is 9.59 Å². The van der Waals surface area contributed by atoms with Gasteiger partial charge in [-0.1, -0.05) is 43.5 Å². The van der Waals surface area contributed by atoms with Gasteiger partial charge in [0.1, 0.15) is 13.2 Å². The lowest BCUT2D eigenvalue weighted by Crippen LogP contribution is -2.13. The maximum atomic E-state index is 11.6. The van der Waals surface area contributed by atoms with Crippen LogP contribution in [0.3, 0.4) is 0 Å². The maximum Gasteiger partial charge on any atom is 0.334 e. The molecule has 0 aromatic heterocycles. The van der Waals surface area contributed by atoms with E-state index in [2.05, 4.69) is 13.2 Å². The number of carbonyl (C=O) groups excluding carboxylic acids is 2. The Labute approximate surface area is 118 Å². The average molecular weight is 274 g/mol. The van der Waals surface area contributed by atoms with Crippen LogP contribution >= 0.6 is 0 Å². The lowest BCUT2D eigenvalue weighted by Gasteiger charge is -2.07. The lowest BCUT2D eigenvalue weighted by molar-refractivity contribution is -0.146. The normalized spacial score (nSPS) is 9.65. The Kier molecular flexibility index (Phi) is 6.23. The van der Waals surface area contributed by atoms with E-state index in [-0.39, 0.29) is 25.2 Å². The molecule has 1 aromatic rings. The second-order valence-electron chi connectivity index (χ2n) is 4.46. The van der Waals surface area contributed by atoms with Crippen molar-refractivity contribution in [2.45, 2.75) is 20.0 Å². The predicted octanol–water partition coefficient (Wildman–Crippen LogP) is 2.80. The first-order valence-corrected chi connectivity index (χ1v) is 6.18. The first kappa shape index (κ1) is 15.7. The molecule has 0 aliphatic rings. The van der Waals surface area contributed by atoms with Crippen LogP contribution in [0.15, 0.2) is 54.6 Å². The summed E-state index contributed by atoms with van der Waals surface area (Å²) >= 11 is 0. The van der Waals surface area contributed by atoms with Gasteiger partial charge in [-0.2, -0.15) is 0 Å². The molecule has 0 N–H and O–H groups in total. The molecule has 0 heterocycles. The van der Waals surface area contributed by atoms with Gasteiger partial charge in [0.25, 0.3) is 0 Å². The fourth-order valence-corrected chi connectivity index (χ4v) is 1.33. The summed E-state index contributed by atoms with van der Waals surface area (Å²) in [5.74, 6) is -1.12.